The van der Waals surface area contributed by atoms with Crippen molar-refractivity contribution in [3.8, 4) is 0 Å². The second-order valence-corrected chi connectivity index (χ2v) is 8.09. The molecule has 0 bridgehead atoms. The van der Waals surface area contributed by atoms with Crippen molar-refractivity contribution in [2.24, 2.45) is 5.73 Å². The Kier molecular flexibility index (Phi) is 7.47. The van der Waals surface area contributed by atoms with Crippen LogP contribution in [0.2, 0.25) is 5.02 Å². The van der Waals surface area contributed by atoms with E-state index in [9.17, 15) is 14.4 Å². The van der Waals surface area contributed by atoms with Gasteiger partial charge >= 0.3 is 0 Å². The summed E-state index contributed by atoms with van der Waals surface area (Å²) in [5, 5.41) is 3.21. The number of primary amides is 1. The predicted octanol–water partition coefficient (Wildman–Crippen LogP) is 2.93. The Labute approximate surface area is 196 Å². The van der Waals surface area contributed by atoms with Gasteiger partial charge in [-0.1, -0.05) is 23.7 Å². The van der Waals surface area contributed by atoms with E-state index in [-0.39, 0.29) is 17.3 Å². The van der Waals surface area contributed by atoms with Gasteiger partial charge in [0.15, 0.2) is 5.69 Å². The molecule has 0 aliphatic rings. The minimum atomic E-state index is -0.766. The molecule has 1 aromatic heterocycles. The van der Waals surface area contributed by atoms with Crippen LogP contribution in [0.5, 0.6) is 0 Å². The number of aryl methyl sites for hydroxylation is 1. The van der Waals surface area contributed by atoms with Gasteiger partial charge in [-0.3, -0.25) is 14.4 Å². The molecule has 3 amide bonds. The minimum absolute atomic E-state index is 0.0461. The normalized spacial score (nSPS) is 10.8. The number of carbonyl (C=O) groups excluding carboxylic acids is 3. The van der Waals surface area contributed by atoms with E-state index in [0.717, 1.165) is 5.56 Å². The molecule has 4 N–H and O–H groups in total. The maximum atomic E-state index is 13.3. The maximum absolute atomic E-state index is 13.3. The molecule has 172 valence electrons. The van der Waals surface area contributed by atoms with E-state index in [1.165, 1.54) is 11.2 Å². The van der Waals surface area contributed by atoms with Crippen molar-refractivity contribution in [3.63, 3.8) is 0 Å². The van der Waals surface area contributed by atoms with E-state index in [1.807, 2.05) is 25.9 Å². The third-order valence-electron chi connectivity index (χ3n) is 4.99. The van der Waals surface area contributed by atoms with Gasteiger partial charge in [-0.2, -0.15) is 0 Å². The standard InChI is InChI=1S/C23H25ClN6O3/c1-14-12-15(8-9-18(14)28-22(32)16-6-4-5-7-17(16)24)30(11-10-29(2)3)23(33)20-19(21(25)31)26-13-27-20/h4-9,12-13H,10-11H2,1-3H3,(H2,25,31)(H,26,27)(H,28,32). The zero-order valence-electron chi connectivity index (χ0n) is 18.6. The summed E-state index contributed by atoms with van der Waals surface area (Å²) < 4.78 is 0. The van der Waals surface area contributed by atoms with Crippen LogP contribution in [0.3, 0.4) is 0 Å². The molecule has 3 aromatic rings. The van der Waals surface area contributed by atoms with Crippen molar-refractivity contribution < 1.29 is 14.4 Å². The van der Waals surface area contributed by atoms with Gasteiger partial charge in [-0.05, 0) is 56.9 Å². The summed E-state index contributed by atoms with van der Waals surface area (Å²) in [5.41, 5.74) is 7.56. The van der Waals surface area contributed by atoms with Crippen LogP contribution in [-0.4, -0.2) is 59.8 Å². The molecule has 0 radical (unpaired) electrons. The van der Waals surface area contributed by atoms with Crippen LogP contribution in [-0.2, 0) is 0 Å². The van der Waals surface area contributed by atoms with Gasteiger partial charge in [0.25, 0.3) is 17.7 Å². The highest BCUT2D eigenvalue weighted by Gasteiger charge is 2.25. The van der Waals surface area contributed by atoms with Crippen LogP contribution >= 0.6 is 11.6 Å². The highest BCUT2D eigenvalue weighted by Crippen LogP contribution is 2.26. The molecule has 9 nitrogen and oxygen atoms in total. The lowest BCUT2D eigenvalue weighted by atomic mass is 10.1. The molecule has 10 heteroatoms. The molecule has 1 heterocycles. The summed E-state index contributed by atoms with van der Waals surface area (Å²) in [7, 11) is 3.79. The number of anilines is 2. The average molecular weight is 469 g/mol. The number of amides is 3. The number of H-pyrrole nitrogens is 1. The van der Waals surface area contributed by atoms with Crippen molar-refractivity contribution in [1.29, 1.82) is 0 Å². The fraction of sp³-hybridized carbons (Fsp3) is 0.217. The van der Waals surface area contributed by atoms with Crippen molar-refractivity contribution in [3.05, 3.63) is 76.3 Å². The molecule has 0 aliphatic heterocycles. The number of benzene rings is 2. The maximum Gasteiger partial charge on any atom is 0.279 e. The van der Waals surface area contributed by atoms with Gasteiger partial charge in [-0.25, -0.2) is 4.98 Å². The Hall–Kier alpha value is -3.69. The number of carbonyl (C=O) groups is 3. The van der Waals surface area contributed by atoms with E-state index < -0.39 is 11.8 Å². The molecule has 0 spiro atoms. The smallest absolute Gasteiger partial charge is 0.279 e. The fourth-order valence-electron chi connectivity index (χ4n) is 3.21. The highest BCUT2D eigenvalue weighted by molar-refractivity contribution is 6.34. The second-order valence-electron chi connectivity index (χ2n) is 7.68. The number of imidazole rings is 1. The average Bonchev–Trinajstić information content (AvgIpc) is 3.26. The number of aromatic amines is 1. The first-order valence-corrected chi connectivity index (χ1v) is 10.5. The van der Waals surface area contributed by atoms with Crippen LogP contribution in [0.25, 0.3) is 0 Å². The van der Waals surface area contributed by atoms with Crippen molar-refractivity contribution in [2.45, 2.75) is 6.92 Å². The Morgan fingerprint density at radius 3 is 2.48 bits per heavy atom. The lowest BCUT2D eigenvalue weighted by molar-refractivity contribution is 0.0954. The van der Waals surface area contributed by atoms with Gasteiger partial charge in [0.05, 0.1) is 16.9 Å². The first kappa shape index (κ1) is 24.0. The van der Waals surface area contributed by atoms with E-state index in [1.54, 1.807) is 42.5 Å². The Balaban J connectivity index is 1.90. The lowest BCUT2D eigenvalue weighted by Gasteiger charge is -2.25. The molecule has 3 rings (SSSR count). The van der Waals surface area contributed by atoms with E-state index >= 15 is 0 Å². The summed E-state index contributed by atoms with van der Waals surface area (Å²) in [5.74, 6) is -1.56. The third-order valence-corrected chi connectivity index (χ3v) is 5.32. The molecular weight excluding hydrogens is 444 g/mol. The monoisotopic (exact) mass is 468 g/mol. The molecule has 0 fully saturated rings. The van der Waals surface area contributed by atoms with Crippen LogP contribution in [0, 0.1) is 6.92 Å². The molecule has 0 aliphatic carbocycles. The van der Waals surface area contributed by atoms with Gasteiger partial charge in [0.2, 0.25) is 0 Å². The minimum Gasteiger partial charge on any atom is -0.364 e. The van der Waals surface area contributed by atoms with Crippen molar-refractivity contribution in [2.75, 3.05) is 37.4 Å². The number of hydrogen-bond donors (Lipinski definition) is 3. The number of aromatic nitrogens is 2. The highest BCUT2D eigenvalue weighted by atomic mass is 35.5. The first-order chi connectivity index (χ1) is 15.7. The largest absolute Gasteiger partial charge is 0.364 e. The molecule has 0 saturated heterocycles. The summed E-state index contributed by atoms with van der Waals surface area (Å²) in [4.78, 5) is 47.7. The van der Waals surface area contributed by atoms with Crippen LogP contribution in [0.15, 0.2) is 48.8 Å². The molecule has 33 heavy (non-hydrogen) atoms. The zero-order valence-corrected chi connectivity index (χ0v) is 19.3. The number of hydrogen-bond acceptors (Lipinski definition) is 5. The van der Waals surface area contributed by atoms with Crippen LogP contribution < -0.4 is 16.0 Å². The van der Waals surface area contributed by atoms with Gasteiger partial charge < -0.3 is 25.8 Å². The summed E-state index contributed by atoms with van der Waals surface area (Å²) >= 11 is 6.12. The topological polar surface area (TPSA) is 124 Å². The molecule has 0 unspecified atom stereocenters. The molecule has 0 saturated carbocycles. The number of nitrogens with zero attached hydrogens (tertiary/aromatic N) is 3. The van der Waals surface area contributed by atoms with Crippen LogP contribution in [0.4, 0.5) is 11.4 Å². The van der Waals surface area contributed by atoms with Crippen molar-refractivity contribution >= 4 is 40.7 Å². The third kappa shape index (κ3) is 5.57. The van der Waals surface area contributed by atoms with Gasteiger partial charge in [0.1, 0.15) is 5.69 Å². The Bertz CT molecular complexity index is 1190. The van der Waals surface area contributed by atoms with E-state index in [2.05, 4.69) is 15.3 Å². The van der Waals surface area contributed by atoms with Gasteiger partial charge in [0, 0.05) is 24.5 Å². The van der Waals surface area contributed by atoms with Crippen molar-refractivity contribution in [1.82, 2.24) is 14.9 Å². The van der Waals surface area contributed by atoms with Gasteiger partial charge in [-0.15, -0.1) is 0 Å². The van der Waals surface area contributed by atoms with Crippen LogP contribution in [0.1, 0.15) is 36.9 Å². The van der Waals surface area contributed by atoms with E-state index in [0.29, 0.717) is 35.1 Å². The number of rotatable bonds is 8. The second kappa shape index (κ2) is 10.3. The number of halogens is 1. The Morgan fingerprint density at radius 1 is 1.12 bits per heavy atom. The summed E-state index contributed by atoms with van der Waals surface area (Å²) in [6.45, 7) is 2.75. The Morgan fingerprint density at radius 2 is 1.85 bits per heavy atom. The molecular formula is C23H25ClN6O3. The summed E-state index contributed by atoms with van der Waals surface area (Å²) in [6.07, 6.45) is 1.26. The fourth-order valence-corrected chi connectivity index (χ4v) is 3.43. The molecule has 2 aromatic carbocycles. The first-order valence-electron chi connectivity index (χ1n) is 10.1. The van der Waals surface area contributed by atoms with E-state index in [4.69, 9.17) is 17.3 Å². The number of nitrogens with two attached hydrogens (primary N) is 1. The predicted molar refractivity (Wildman–Crippen MR) is 128 cm³/mol. The summed E-state index contributed by atoms with van der Waals surface area (Å²) in [6, 6.07) is 12.0. The zero-order chi connectivity index (χ0) is 24.1. The molecule has 0 atom stereocenters. The SMILES string of the molecule is Cc1cc(N(CCN(C)C)C(=O)c2nc[nH]c2C(N)=O)ccc1NC(=O)c1ccccc1Cl. The quantitative estimate of drug-likeness (QED) is 0.468. The number of likely N-dealkylation sites (N-methyl/N-ethyl adjacent to an activating group) is 1. The number of nitrogens with one attached hydrogen (secondary N) is 2. The lowest BCUT2D eigenvalue weighted by Crippen LogP contribution is -2.38.